The summed E-state index contributed by atoms with van der Waals surface area (Å²) < 4.78 is 0. The number of nitrogens with two attached hydrogens (primary N) is 1. The van der Waals surface area contributed by atoms with Gasteiger partial charge in [-0.25, -0.2) is 4.79 Å². The van der Waals surface area contributed by atoms with Crippen LogP contribution in [0, 0.1) is 53.3 Å². The van der Waals surface area contributed by atoms with Crippen LogP contribution in [0.2, 0.25) is 0 Å². The number of primary amides is 1. The molecular formula is C85H161N13O12. The Hall–Kier alpha value is -6.54. The van der Waals surface area contributed by atoms with Gasteiger partial charge in [-0.2, -0.15) is 0 Å². The lowest BCUT2D eigenvalue weighted by molar-refractivity contribution is -0.131. The molecule has 0 bridgehead atoms. The molecule has 0 fully saturated rings. The minimum absolute atomic E-state index is 0.00511. The molecule has 110 heavy (non-hydrogen) atoms. The van der Waals surface area contributed by atoms with Crippen molar-refractivity contribution in [2.75, 3.05) is 13.1 Å². The summed E-state index contributed by atoms with van der Waals surface area (Å²) in [4.78, 5) is 145. The smallest absolute Gasteiger partial charge is 0.312 e. The average Bonchev–Trinajstić information content (AvgIpc) is 0.889. The van der Waals surface area contributed by atoms with E-state index < -0.39 is 30.2 Å². The van der Waals surface area contributed by atoms with E-state index in [-0.39, 0.29) is 184 Å². The van der Waals surface area contributed by atoms with Crippen molar-refractivity contribution in [1.82, 2.24) is 63.8 Å². The first-order chi connectivity index (χ1) is 50.8. The van der Waals surface area contributed by atoms with Crippen LogP contribution in [0.4, 0.5) is 4.79 Å². The Morgan fingerprint density at radius 3 is 0.845 bits per heavy atom. The number of nitrogens with one attached hydrogen (secondary N) is 12. The minimum Gasteiger partial charge on any atom is -0.356 e. The highest BCUT2D eigenvalue weighted by Gasteiger charge is 2.33. The van der Waals surface area contributed by atoms with Crippen molar-refractivity contribution in [3.8, 4) is 0 Å². The van der Waals surface area contributed by atoms with E-state index in [1.807, 2.05) is 224 Å². The largest absolute Gasteiger partial charge is 0.356 e. The van der Waals surface area contributed by atoms with E-state index in [1.165, 1.54) is 6.92 Å². The zero-order chi connectivity index (χ0) is 86.2. The summed E-state index contributed by atoms with van der Waals surface area (Å²) in [6, 6.07) is 6.57. The van der Waals surface area contributed by atoms with Crippen LogP contribution < -0.4 is 69.5 Å². The molecule has 10 atom stereocenters. The summed E-state index contributed by atoms with van der Waals surface area (Å²) in [5.41, 5.74) is 6.13. The van der Waals surface area contributed by atoms with Crippen LogP contribution in [0.15, 0.2) is 30.3 Å². The first-order valence-electron chi connectivity index (χ1n) is 41.1. The second-order valence-corrected chi connectivity index (χ2v) is 33.7. The molecule has 0 radical (unpaired) electrons. The van der Waals surface area contributed by atoms with Crippen LogP contribution in [-0.4, -0.2) is 174 Å². The maximum Gasteiger partial charge on any atom is 0.312 e. The number of rotatable bonds is 48. The summed E-state index contributed by atoms with van der Waals surface area (Å²) in [6.07, 6.45) is 6.67. The first kappa shape index (κ1) is 110. The molecule has 0 saturated carbocycles. The number of urea groups is 1. The first-order valence-corrected chi connectivity index (χ1v) is 41.1. The molecule has 25 heteroatoms. The maximum absolute atomic E-state index is 12.9. The monoisotopic (exact) mass is 1560 g/mol. The highest BCUT2D eigenvalue weighted by Crippen LogP contribution is 2.15. The Bertz CT molecular complexity index is 2670. The number of carbonyl (C=O) groups excluding carboxylic acids is 12. The normalized spacial score (nSPS) is 14.2. The SMILES string of the molecule is CC(=O)NCCCC(NC(=O)C(NC(C)C)C(C)C)C(=O)C(C)C.CC(C)NC(C(=O)NC(C)C(=O)C(C)C)C(C)C.CC(C)NC(C(=O)NC(C)C(=O)C(C)C)C(C)C.CC(C)NC(C(=O)NC(CCCNC(N)=O)C(=O)C(C)C)C(C)C.CCCCCC(NC(=O)C(Cc1ccccc1)NC(C)C)C(=O)C(C)C. The third-order valence-electron chi connectivity index (χ3n) is 17.5. The van der Waals surface area contributed by atoms with E-state index in [4.69, 9.17) is 5.73 Å². The standard InChI is InChI=1S/C22H36N2O2.C18H35N3O3.C17H34N4O3.2C14H28N2O2/c1-6-7-9-14-19(21(25)16(2)3)24-22(26)20(23-17(4)5)15-18-12-10-8-11-13-18;1-11(2)16(20-13(5)6)18(24)21-15(17(23)12(3)4)9-8-10-19-14(7)22;1-10(2)14(20-12(5)6)16(23)21-13(15(22)11(3)4)8-7-9-19-17(18)24;2*1-8(2)12(15-10(5)6)14(18)16-11(7)13(17)9(3)4/h8,10-13,16-17,19-20,23H,6-7,9,14-15H2,1-5H3,(H,24,26);11-13,15-16,20H,8-10H2,1-7H3,(H,19,22)(H,21,24);10-14,20H,7-9H2,1-6H3,(H,21,23)(H3,18,19,24);2*8-12,15H,1-7H3,(H,16,18). The molecule has 638 valence electrons. The topological polar surface area (TPSA) is 375 Å². The summed E-state index contributed by atoms with van der Waals surface area (Å²) in [7, 11) is 0. The Labute approximate surface area is 666 Å². The molecule has 0 aliphatic heterocycles. The fourth-order valence-corrected chi connectivity index (χ4v) is 11.5. The zero-order valence-corrected chi connectivity index (χ0v) is 74.5. The van der Waals surface area contributed by atoms with Gasteiger partial charge in [0.05, 0.1) is 60.4 Å². The summed E-state index contributed by atoms with van der Waals surface area (Å²) >= 11 is 0. The number of Topliss-reactive ketones (excluding diaryl/α,β-unsaturated/α-hetero) is 5. The third-order valence-corrected chi connectivity index (χ3v) is 17.5. The van der Waals surface area contributed by atoms with Gasteiger partial charge in [-0.05, 0) is 81.6 Å². The van der Waals surface area contributed by atoms with Gasteiger partial charge < -0.3 is 69.5 Å². The summed E-state index contributed by atoms with van der Waals surface area (Å²) in [5, 5.41) is 35.9. The van der Waals surface area contributed by atoms with Crippen molar-refractivity contribution in [3.05, 3.63) is 35.9 Å². The number of benzene rings is 1. The lowest BCUT2D eigenvalue weighted by Gasteiger charge is -2.27. The van der Waals surface area contributed by atoms with Crippen LogP contribution in [0.25, 0.3) is 0 Å². The molecule has 1 aromatic rings. The third kappa shape index (κ3) is 51.9. The highest BCUT2D eigenvalue weighted by atomic mass is 16.2. The molecule has 0 heterocycles. The molecule has 25 nitrogen and oxygen atoms in total. The average molecular weight is 1560 g/mol. The van der Waals surface area contributed by atoms with E-state index in [1.54, 1.807) is 13.8 Å². The Balaban J connectivity index is -0.000000643. The second kappa shape index (κ2) is 60.1. The van der Waals surface area contributed by atoms with Crippen molar-refractivity contribution in [2.24, 2.45) is 59.0 Å². The van der Waals surface area contributed by atoms with Gasteiger partial charge in [-0.15, -0.1) is 0 Å². The van der Waals surface area contributed by atoms with Gasteiger partial charge in [-0.1, -0.05) is 250 Å². The fraction of sp³-hybridized carbons (Fsp3) is 0.788. The highest BCUT2D eigenvalue weighted by molar-refractivity contribution is 5.95. The minimum atomic E-state index is -0.591. The lowest BCUT2D eigenvalue weighted by atomic mass is 9.96. The number of hydrogen-bond donors (Lipinski definition) is 13. The number of carbonyl (C=O) groups is 12. The van der Waals surface area contributed by atoms with Crippen LogP contribution in [0.5, 0.6) is 0 Å². The predicted molar refractivity (Wildman–Crippen MR) is 449 cm³/mol. The molecule has 14 N–H and O–H groups in total. The summed E-state index contributed by atoms with van der Waals surface area (Å²) in [5.74, 6) is -0.303. The Morgan fingerprint density at radius 2 is 0.591 bits per heavy atom. The summed E-state index contributed by atoms with van der Waals surface area (Å²) in [6.45, 7) is 62.4. The Morgan fingerprint density at radius 1 is 0.318 bits per heavy atom. The number of ketones is 5. The quantitative estimate of drug-likeness (QED) is 0.0270. The van der Waals surface area contributed by atoms with Crippen molar-refractivity contribution in [2.45, 2.75) is 370 Å². The van der Waals surface area contributed by atoms with Gasteiger partial charge in [0, 0.05) is 79.8 Å². The lowest BCUT2D eigenvalue weighted by Crippen LogP contribution is -2.54. The van der Waals surface area contributed by atoms with Crippen molar-refractivity contribution in [3.63, 3.8) is 0 Å². The van der Waals surface area contributed by atoms with Gasteiger partial charge in [0.1, 0.15) is 0 Å². The van der Waals surface area contributed by atoms with Crippen LogP contribution in [0.3, 0.4) is 0 Å². The fourth-order valence-electron chi connectivity index (χ4n) is 11.5. The maximum atomic E-state index is 12.9. The van der Waals surface area contributed by atoms with Gasteiger partial charge in [-0.3, -0.25) is 52.7 Å². The van der Waals surface area contributed by atoms with E-state index >= 15 is 0 Å². The van der Waals surface area contributed by atoms with Crippen LogP contribution >= 0.6 is 0 Å². The van der Waals surface area contributed by atoms with E-state index in [0.717, 1.165) is 31.2 Å². The van der Waals surface area contributed by atoms with E-state index in [2.05, 4.69) is 70.7 Å². The number of hydrogen-bond acceptors (Lipinski definition) is 17. The molecule has 1 aromatic carbocycles. The van der Waals surface area contributed by atoms with E-state index in [9.17, 15) is 57.5 Å². The molecule has 0 spiro atoms. The second-order valence-electron chi connectivity index (χ2n) is 33.7. The van der Waals surface area contributed by atoms with Gasteiger partial charge in [0.2, 0.25) is 35.4 Å². The van der Waals surface area contributed by atoms with Gasteiger partial charge in [0.25, 0.3) is 0 Å². The van der Waals surface area contributed by atoms with Gasteiger partial charge >= 0.3 is 6.03 Å². The van der Waals surface area contributed by atoms with Crippen molar-refractivity contribution in [1.29, 1.82) is 0 Å². The van der Waals surface area contributed by atoms with E-state index in [0.29, 0.717) is 45.2 Å². The van der Waals surface area contributed by atoms with Crippen molar-refractivity contribution < 1.29 is 57.5 Å². The molecule has 0 saturated heterocycles. The van der Waals surface area contributed by atoms with Gasteiger partial charge in [0.15, 0.2) is 28.9 Å². The number of amides is 8. The Kier molecular flexibility index (Phi) is 60.0. The molecule has 0 aromatic heterocycles. The van der Waals surface area contributed by atoms with Crippen LogP contribution in [-0.2, 0) is 59.2 Å². The molecule has 1 rings (SSSR count). The molecule has 10 unspecified atom stereocenters. The predicted octanol–water partition coefficient (Wildman–Crippen LogP) is 10.2. The molecule has 8 amide bonds. The molecule has 0 aliphatic carbocycles. The van der Waals surface area contributed by atoms with Crippen molar-refractivity contribution >= 4 is 70.4 Å². The van der Waals surface area contributed by atoms with Crippen LogP contribution in [0.1, 0.15) is 278 Å². The zero-order valence-electron chi connectivity index (χ0n) is 74.5. The molecular weight excluding hydrogens is 1400 g/mol. The molecule has 0 aliphatic rings. The number of unbranched alkanes of at least 4 members (excludes halogenated alkanes) is 2.